The predicted molar refractivity (Wildman–Crippen MR) is 334 cm³/mol. The normalized spacial score (nSPS) is 13.4. The van der Waals surface area contributed by atoms with Gasteiger partial charge in [0.05, 0.1) is 0 Å². The SMILES string of the molecule is CC/C=C\C/C=C\C/C=C\C/C=C\C/C=C\C/C=C\CCCCCCC(=O)OCC(COC(=O)CCCC/C=C\C/C=C\C/C=C\C/C=C\CC)OC(=O)CCCCCCC/C=C\C/C=C\C/C=C\C/C=C\C/C=C\CC. The van der Waals surface area contributed by atoms with Crippen molar-refractivity contribution in [1.82, 2.24) is 0 Å². The summed E-state index contributed by atoms with van der Waals surface area (Å²) in [5.74, 6) is -1.02. The van der Waals surface area contributed by atoms with E-state index in [1.807, 2.05) is 0 Å². The minimum atomic E-state index is -0.829. The highest BCUT2D eigenvalue weighted by Gasteiger charge is 2.19. The molecule has 0 spiro atoms. The maximum absolute atomic E-state index is 12.9. The standard InChI is InChI=1S/C71H108O6/c1-4-7-10-13-16-19-22-25-28-30-32-34-35-37-38-40-43-46-49-52-55-58-61-64-70(73)76-67-68(66-75-69(72)63-60-57-54-51-48-45-42-27-24-21-18-15-12-9-6-3)77-71(74)65-62-59-56-53-50-47-44-41-39-36-33-31-29-26-23-20-17-14-11-8-5-2/h7-12,16-21,25-29,32-34,36-38,41-44,46,48,51,68H,4-6,13-15,22-24,30-31,35,39-40,45,47,49-50,52-67H2,1-3H3/b10-7-,11-8-,12-9-,19-16-,20-17-,21-18-,28-25-,29-26-,34-32-,36-33-,38-37-,42-27-,44-41-,46-43-,51-48-. The number of unbranched alkanes of at least 4 members (excludes halogenated alkanes) is 11. The first-order valence-corrected chi connectivity index (χ1v) is 30.3. The Balaban J connectivity index is 4.56. The smallest absolute Gasteiger partial charge is 0.306 e. The van der Waals surface area contributed by atoms with Crippen molar-refractivity contribution in [2.24, 2.45) is 0 Å². The zero-order valence-corrected chi connectivity index (χ0v) is 48.9. The predicted octanol–water partition coefficient (Wildman–Crippen LogP) is 20.9. The van der Waals surface area contributed by atoms with Gasteiger partial charge in [0, 0.05) is 19.3 Å². The number of ether oxygens (including phenoxy) is 3. The summed E-state index contributed by atoms with van der Waals surface area (Å²) in [7, 11) is 0. The van der Waals surface area contributed by atoms with E-state index >= 15 is 0 Å². The van der Waals surface area contributed by atoms with Gasteiger partial charge in [0.25, 0.3) is 0 Å². The molecule has 0 heterocycles. The second-order valence-electron chi connectivity index (χ2n) is 19.1. The summed E-state index contributed by atoms with van der Waals surface area (Å²) >= 11 is 0. The van der Waals surface area contributed by atoms with Crippen LogP contribution >= 0.6 is 0 Å². The lowest BCUT2D eigenvalue weighted by molar-refractivity contribution is -0.167. The van der Waals surface area contributed by atoms with Gasteiger partial charge in [0.2, 0.25) is 0 Å². The second-order valence-corrected chi connectivity index (χ2v) is 19.1. The van der Waals surface area contributed by atoms with Gasteiger partial charge >= 0.3 is 17.9 Å². The lowest BCUT2D eigenvalue weighted by Gasteiger charge is -2.18. The van der Waals surface area contributed by atoms with Crippen molar-refractivity contribution < 1.29 is 28.6 Å². The van der Waals surface area contributed by atoms with E-state index in [2.05, 4.69) is 203 Å². The third-order valence-corrected chi connectivity index (χ3v) is 11.9. The molecule has 0 saturated carbocycles. The van der Waals surface area contributed by atoms with Gasteiger partial charge in [-0.15, -0.1) is 0 Å². The minimum absolute atomic E-state index is 0.123. The Morgan fingerprint density at radius 2 is 0.468 bits per heavy atom. The van der Waals surface area contributed by atoms with Crippen molar-refractivity contribution in [2.75, 3.05) is 13.2 Å². The Morgan fingerprint density at radius 1 is 0.260 bits per heavy atom. The number of carbonyl (C=O) groups excluding carboxylic acids is 3. The van der Waals surface area contributed by atoms with Crippen LogP contribution in [0.5, 0.6) is 0 Å². The Kier molecular flexibility index (Phi) is 58.6. The molecule has 428 valence electrons. The molecule has 0 fully saturated rings. The van der Waals surface area contributed by atoms with E-state index in [1.54, 1.807) is 0 Å². The number of hydrogen-bond acceptors (Lipinski definition) is 6. The summed E-state index contributed by atoms with van der Waals surface area (Å²) < 4.78 is 16.8. The largest absolute Gasteiger partial charge is 0.462 e. The zero-order valence-electron chi connectivity index (χ0n) is 48.9. The first-order chi connectivity index (χ1) is 38.0. The molecular weight excluding hydrogens is 949 g/mol. The first kappa shape index (κ1) is 71.5. The van der Waals surface area contributed by atoms with Crippen molar-refractivity contribution in [2.45, 2.75) is 232 Å². The van der Waals surface area contributed by atoms with E-state index in [0.717, 1.165) is 180 Å². The van der Waals surface area contributed by atoms with Gasteiger partial charge in [-0.1, -0.05) is 235 Å². The van der Waals surface area contributed by atoms with Crippen LogP contribution in [-0.4, -0.2) is 37.2 Å². The summed E-state index contributed by atoms with van der Waals surface area (Å²) in [6, 6.07) is 0. The molecule has 0 aromatic rings. The fourth-order valence-corrected chi connectivity index (χ4v) is 7.46. The first-order valence-electron chi connectivity index (χ1n) is 30.3. The molecular formula is C71H108O6. The molecule has 0 bridgehead atoms. The molecule has 0 aliphatic heterocycles. The summed E-state index contributed by atoms with van der Waals surface area (Å²) in [4.78, 5) is 38.3. The van der Waals surface area contributed by atoms with Crippen LogP contribution in [0, 0.1) is 0 Å². The molecule has 77 heavy (non-hydrogen) atoms. The van der Waals surface area contributed by atoms with Crippen LogP contribution in [0.2, 0.25) is 0 Å². The lowest BCUT2D eigenvalue weighted by Crippen LogP contribution is -2.30. The summed E-state index contributed by atoms with van der Waals surface area (Å²) in [6.07, 6.45) is 94.5. The van der Waals surface area contributed by atoms with Crippen LogP contribution in [0.4, 0.5) is 0 Å². The quantitative estimate of drug-likeness (QED) is 0.0261. The van der Waals surface area contributed by atoms with Crippen LogP contribution in [0.1, 0.15) is 226 Å². The van der Waals surface area contributed by atoms with Crippen LogP contribution in [0.3, 0.4) is 0 Å². The number of rotatable bonds is 52. The molecule has 0 radical (unpaired) electrons. The maximum atomic E-state index is 12.9. The molecule has 6 heteroatoms. The van der Waals surface area contributed by atoms with Crippen LogP contribution in [0.25, 0.3) is 0 Å². The van der Waals surface area contributed by atoms with E-state index < -0.39 is 6.10 Å². The topological polar surface area (TPSA) is 78.9 Å². The Hall–Kier alpha value is -5.49. The molecule has 0 saturated heterocycles. The van der Waals surface area contributed by atoms with E-state index in [1.165, 1.54) is 0 Å². The molecule has 0 amide bonds. The van der Waals surface area contributed by atoms with Gasteiger partial charge in [-0.3, -0.25) is 14.4 Å². The van der Waals surface area contributed by atoms with E-state index in [0.29, 0.717) is 12.8 Å². The third kappa shape index (κ3) is 61.2. The summed E-state index contributed by atoms with van der Waals surface area (Å²) in [5.41, 5.74) is 0. The van der Waals surface area contributed by atoms with Gasteiger partial charge in [-0.25, -0.2) is 0 Å². The summed E-state index contributed by atoms with van der Waals surface area (Å²) in [6.45, 7) is 6.20. The number of esters is 3. The van der Waals surface area contributed by atoms with Crippen molar-refractivity contribution in [1.29, 1.82) is 0 Å². The maximum Gasteiger partial charge on any atom is 0.306 e. The van der Waals surface area contributed by atoms with Gasteiger partial charge < -0.3 is 14.2 Å². The van der Waals surface area contributed by atoms with E-state index in [9.17, 15) is 14.4 Å². The molecule has 6 nitrogen and oxygen atoms in total. The van der Waals surface area contributed by atoms with Crippen molar-refractivity contribution in [3.8, 4) is 0 Å². The molecule has 0 aromatic heterocycles. The van der Waals surface area contributed by atoms with Crippen molar-refractivity contribution in [3.63, 3.8) is 0 Å². The van der Waals surface area contributed by atoms with Crippen molar-refractivity contribution in [3.05, 3.63) is 182 Å². The highest BCUT2D eigenvalue weighted by molar-refractivity contribution is 5.71. The van der Waals surface area contributed by atoms with Crippen molar-refractivity contribution >= 4 is 17.9 Å². The fraction of sp³-hybridized carbons (Fsp3) is 0.535. The highest BCUT2D eigenvalue weighted by Crippen LogP contribution is 2.12. The monoisotopic (exact) mass is 1060 g/mol. The van der Waals surface area contributed by atoms with Gasteiger partial charge in [-0.05, 0) is 154 Å². The zero-order chi connectivity index (χ0) is 55.7. The van der Waals surface area contributed by atoms with Crippen LogP contribution in [0.15, 0.2) is 182 Å². The Labute approximate surface area is 472 Å². The molecule has 0 N–H and O–H groups in total. The molecule has 0 rings (SSSR count). The number of allylic oxidation sites excluding steroid dienone is 30. The third-order valence-electron chi connectivity index (χ3n) is 11.9. The van der Waals surface area contributed by atoms with Gasteiger partial charge in [0.15, 0.2) is 6.10 Å². The van der Waals surface area contributed by atoms with Gasteiger partial charge in [0.1, 0.15) is 13.2 Å². The highest BCUT2D eigenvalue weighted by atomic mass is 16.6. The second kappa shape index (κ2) is 63.0. The van der Waals surface area contributed by atoms with Crippen LogP contribution in [-0.2, 0) is 28.6 Å². The Morgan fingerprint density at radius 3 is 0.753 bits per heavy atom. The molecule has 0 aliphatic rings. The van der Waals surface area contributed by atoms with Gasteiger partial charge in [-0.2, -0.15) is 0 Å². The molecule has 0 aromatic carbocycles. The molecule has 1 atom stereocenters. The average Bonchev–Trinajstić information content (AvgIpc) is 3.43. The average molecular weight is 1060 g/mol. The fourth-order valence-electron chi connectivity index (χ4n) is 7.46. The van der Waals surface area contributed by atoms with E-state index in [4.69, 9.17) is 14.2 Å². The number of hydrogen-bond donors (Lipinski definition) is 0. The lowest BCUT2D eigenvalue weighted by atomic mass is 10.1. The Bertz CT molecular complexity index is 1840. The number of carbonyl (C=O) groups is 3. The molecule has 1 unspecified atom stereocenters. The molecule has 0 aliphatic carbocycles. The van der Waals surface area contributed by atoms with E-state index in [-0.39, 0.29) is 44.0 Å². The summed E-state index contributed by atoms with van der Waals surface area (Å²) in [5, 5.41) is 0. The van der Waals surface area contributed by atoms with Crippen LogP contribution < -0.4 is 0 Å². The minimum Gasteiger partial charge on any atom is -0.462 e.